The average Bonchev–Trinajstić information content (AvgIpc) is 2.69. The molecule has 1 fully saturated rings. The van der Waals surface area contributed by atoms with Crippen LogP contribution in [0.25, 0.3) is 0 Å². The molecule has 0 bridgehead atoms. The lowest BCUT2D eigenvalue weighted by Gasteiger charge is -2.32. The molecule has 28 heavy (non-hydrogen) atoms. The second-order valence-electron chi connectivity index (χ2n) is 6.64. The topological polar surface area (TPSA) is 60.0 Å². The van der Waals surface area contributed by atoms with Gasteiger partial charge in [-0.2, -0.15) is 0 Å². The van der Waals surface area contributed by atoms with Crippen LogP contribution in [-0.4, -0.2) is 50.8 Å². The van der Waals surface area contributed by atoms with Crippen molar-refractivity contribution in [2.45, 2.75) is 18.9 Å². The van der Waals surface area contributed by atoms with Gasteiger partial charge in [-0.05, 0) is 43.2 Å². The molecule has 1 heterocycles. The number of ether oxygens (including phenoxy) is 3. The lowest BCUT2D eigenvalue weighted by Crippen LogP contribution is -2.42. The molecule has 0 radical (unpaired) electrons. The molecule has 2 aromatic rings. The van der Waals surface area contributed by atoms with Crippen molar-refractivity contribution in [3.05, 3.63) is 48.3 Å². The molecule has 2 aromatic carbocycles. The van der Waals surface area contributed by atoms with Crippen LogP contribution in [0.4, 0.5) is 10.1 Å². The Balaban J connectivity index is 1.50. The summed E-state index contributed by atoms with van der Waals surface area (Å²) in [5.74, 6) is 1.35. The van der Waals surface area contributed by atoms with E-state index in [9.17, 15) is 9.18 Å². The summed E-state index contributed by atoms with van der Waals surface area (Å²) in [4.78, 5) is 14.3. The van der Waals surface area contributed by atoms with Crippen LogP contribution in [0.1, 0.15) is 12.8 Å². The predicted molar refractivity (Wildman–Crippen MR) is 105 cm³/mol. The van der Waals surface area contributed by atoms with E-state index in [1.54, 1.807) is 26.4 Å². The molecular formula is C21H25FN2O4. The van der Waals surface area contributed by atoms with E-state index in [1.165, 1.54) is 12.1 Å². The molecule has 7 heteroatoms. The Morgan fingerprint density at radius 2 is 1.75 bits per heavy atom. The second kappa shape index (κ2) is 9.41. The number of hydrogen-bond donors (Lipinski definition) is 1. The zero-order valence-corrected chi connectivity index (χ0v) is 16.1. The minimum absolute atomic E-state index is 0.0210. The van der Waals surface area contributed by atoms with E-state index in [2.05, 4.69) is 10.2 Å². The number of hydrogen-bond acceptors (Lipinski definition) is 5. The molecule has 1 aliphatic heterocycles. The molecule has 3 rings (SSSR count). The van der Waals surface area contributed by atoms with Gasteiger partial charge >= 0.3 is 0 Å². The fourth-order valence-electron chi connectivity index (χ4n) is 3.26. The van der Waals surface area contributed by atoms with Gasteiger partial charge in [0.15, 0.2) is 11.5 Å². The van der Waals surface area contributed by atoms with Crippen LogP contribution in [0.15, 0.2) is 42.5 Å². The first-order chi connectivity index (χ1) is 13.6. The molecule has 0 atom stereocenters. The van der Waals surface area contributed by atoms with Crippen molar-refractivity contribution in [1.29, 1.82) is 0 Å². The molecule has 1 saturated heterocycles. The molecular weight excluding hydrogens is 363 g/mol. The fraction of sp³-hybridized carbons (Fsp3) is 0.381. The standard InChI is InChI=1S/C21H25FN2O4/c1-26-18-7-4-8-19(27-2)21(18)28-17-9-11-24(12-10-17)14-20(25)23-16-6-3-5-15(22)13-16/h3-8,13,17H,9-12,14H2,1-2H3,(H,23,25). The van der Waals surface area contributed by atoms with Gasteiger partial charge < -0.3 is 19.5 Å². The Kier molecular flexibility index (Phi) is 6.71. The third-order valence-electron chi connectivity index (χ3n) is 4.68. The second-order valence-corrected chi connectivity index (χ2v) is 6.64. The van der Waals surface area contributed by atoms with E-state index in [0.717, 1.165) is 25.9 Å². The molecule has 6 nitrogen and oxygen atoms in total. The maximum absolute atomic E-state index is 13.2. The Bertz CT molecular complexity index is 784. The van der Waals surface area contributed by atoms with E-state index in [-0.39, 0.29) is 24.4 Å². The summed E-state index contributed by atoms with van der Waals surface area (Å²) in [6.07, 6.45) is 1.59. The van der Waals surface area contributed by atoms with Crippen molar-refractivity contribution >= 4 is 11.6 Å². The van der Waals surface area contributed by atoms with Gasteiger partial charge in [0.1, 0.15) is 11.9 Å². The summed E-state index contributed by atoms with van der Waals surface area (Å²) in [7, 11) is 3.20. The number of halogens is 1. The van der Waals surface area contributed by atoms with Gasteiger partial charge in [0, 0.05) is 18.8 Å². The SMILES string of the molecule is COc1cccc(OC)c1OC1CCN(CC(=O)Nc2cccc(F)c2)CC1. The average molecular weight is 388 g/mol. The Morgan fingerprint density at radius 1 is 1.11 bits per heavy atom. The minimum Gasteiger partial charge on any atom is -0.493 e. The third kappa shape index (κ3) is 5.13. The lowest BCUT2D eigenvalue weighted by atomic mass is 10.1. The van der Waals surface area contributed by atoms with Crippen molar-refractivity contribution < 1.29 is 23.4 Å². The number of nitrogens with zero attached hydrogens (tertiary/aromatic N) is 1. The smallest absolute Gasteiger partial charge is 0.238 e. The molecule has 0 aromatic heterocycles. The van der Waals surface area contributed by atoms with Crippen molar-refractivity contribution in [2.24, 2.45) is 0 Å². The Labute approximate surface area is 164 Å². The minimum atomic E-state index is -0.373. The highest BCUT2D eigenvalue weighted by molar-refractivity contribution is 5.92. The molecule has 0 unspecified atom stereocenters. The number of para-hydroxylation sites is 1. The molecule has 1 amide bonds. The van der Waals surface area contributed by atoms with E-state index in [4.69, 9.17) is 14.2 Å². The first-order valence-corrected chi connectivity index (χ1v) is 9.24. The number of carbonyl (C=O) groups is 1. The zero-order chi connectivity index (χ0) is 19.9. The van der Waals surface area contributed by atoms with Crippen LogP contribution in [0.3, 0.4) is 0 Å². The lowest BCUT2D eigenvalue weighted by molar-refractivity contribution is -0.117. The highest BCUT2D eigenvalue weighted by Gasteiger charge is 2.24. The van der Waals surface area contributed by atoms with Crippen LogP contribution in [-0.2, 0) is 4.79 Å². The number of carbonyl (C=O) groups excluding carboxylic acids is 1. The van der Waals surface area contributed by atoms with Gasteiger partial charge in [-0.15, -0.1) is 0 Å². The Hall–Kier alpha value is -2.80. The van der Waals surface area contributed by atoms with E-state index < -0.39 is 0 Å². The van der Waals surface area contributed by atoms with Crippen LogP contribution in [0.2, 0.25) is 0 Å². The molecule has 1 aliphatic rings. The number of piperidine rings is 1. The van der Waals surface area contributed by atoms with Gasteiger partial charge in [-0.25, -0.2) is 4.39 Å². The van der Waals surface area contributed by atoms with Crippen LogP contribution >= 0.6 is 0 Å². The highest BCUT2D eigenvalue weighted by Crippen LogP contribution is 2.38. The van der Waals surface area contributed by atoms with Crippen molar-refractivity contribution in [3.8, 4) is 17.2 Å². The van der Waals surface area contributed by atoms with Crippen LogP contribution in [0.5, 0.6) is 17.2 Å². The third-order valence-corrected chi connectivity index (χ3v) is 4.68. The van der Waals surface area contributed by atoms with Gasteiger partial charge in [0.25, 0.3) is 0 Å². The summed E-state index contributed by atoms with van der Waals surface area (Å²) in [6.45, 7) is 1.73. The number of likely N-dealkylation sites (tertiary alicyclic amines) is 1. The molecule has 0 saturated carbocycles. The van der Waals surface area contributed by atoms with Gasteiger partial charge in [0.2, 0.25) is 11.7 Å². The highest BCUT2D eigenvalue weighted by atomic mass is 19.1. The van der Waals surface area contributed by atoms with Crippen molar-refractivity contribution in [1.82, 2.24) is 4.90 Å². The zero-order valence-electron chi connectivity index (χ0n) is 16.1. The normalized spacial score (nSPS) is 15.1. The summed E-state index contributed by atoms with van der Waals surface area (Å²) < 4.78 is 30.1. The number of methoxy groups -OCH3 is 2. The van der Waals surface area contributed by atoms with E-state index in [1.807, 2.05) is 18.2 Å². The van der Waals surface area contributed by atoms with Gasteiger partial charge in [0.05, 0.1) is 20.8 Å². The number of nitrogens with one attached hydrogen (secondary N) is 1. The monoisotopic (exact) mass is 388 g/mol. The molecule has 0 spiro atoms. The number of benzene rings is 2. The maximum atomic E-state index is 13.2. The van der Waals surface area contributed by atoms with Gasteiger partial charge in [-0.3, -0.25) is 9.69 Å². The predicted octanol–water partition coefficient (Wildman–Crippen LogP) is 3.32. The van der Waals surface area contributed by atoms with Crippen LogP contribution < -0.4 is 19.5 Å². The molecule has 0 aliphatic carbocycles. The maximum Gasteiger partial charge on any atom is 0.238 e. The molecule has 1 N–H and O–H groups in total. The summed E-state index contributed by atoms with van der Waals surface area (Å²) in [5, 5.41) is 2.73. The first-order valence-electron chi connectivity index (χ1n) is 9.24. The number of amides is 1. The Morgan fingerprint density at radius 3 is 2.36 bits per heavy atom. The largest absolute Gasteiger partial charge is 0.493 e. The van der Waals surface area contributed by atoms with Crippen LogP contribution in [0, 0.1) is 5.82 Å². The summed E-state index contributed by atoms with van der Waals surface area (Å²) in [5.41, 5.74) is 0.464. The van der Waals surface area contributed by atoms with E-state index in [0.29, 0.717) is 22.9 Å². The number of rotatable bonds is 7. The summed E-state index contributed by atoms with van der Waals surface area (Å²) in [6, 6.07) is 11.4. The quantitative estimate of drug-likeness (QED) is 0.789. The van der Waals surface area contributed by atoms with Gasteiger partial charge in [-0.1, -0.05) is 12.1 Å². The number of anilines is 1. The van der Waals surface area contributed by atoms with Crippen molar-refractivity contribution in [2.75, 3.05) is 39.2 Å². The summed E-state index contributed by atoms with van der Waals surface area (Å²) >= 11 is 0. The fourth-order valence-corrected chi connectivity index (χ4v) is 3.26. The molecule has 150 valence electrons. The van der Waals surface area contributed by atoms with E-state index >= 15 is 0 Å². The first kappa shape index (κ1) is 19.9. The van der Waals surface area contributed by atoms with Crippen molar-refractivity contribution in [3.63, 3.8) is 0 Å².